The van der Waals surface area contributed by atoms with Crippen LogP contribution in [0.1, 0.15) is 5.56 Å². The Kier molecular flexibility index (Phi) is 5.16. The molecule has 0 atom stereocenters. The molecule has 0 fully saturated rings. The molecule has 1 amide bonds. The first kappa shape index (κ1) is 18.1. The van der Waals surface area contributed by atoms with Crippen LogP contribution < -0.4 is 15.6 Å². The number of nitrogens with one attached hydrogen (secondary N) is 1. The van der Waals surface area contributed by atoms with E-state index >= 15 is 0 Å². The Morgan fingerprint density at radius 1 is 1.15 bits per heavy atom. The minimum Gasteiger partial charge on any atom is -0.497 e. The summed E-state index contributed by atoms with van der Waals surface area (Å²) in [5.41, 5.74) is 0.176. The Labute approximate surface area is 154 Å². The van der Waals surface area contributed by atoms with E-state index in [1.807, 2.05) is 36.4 Å². The van der Waals surface area contributed by atoms with Gasteiger partial charge in [-0.3, -0.25) is 24.3 Å². The molecule has 8 nitrogen and oxygen atoms in total. The summed E-state index contributed by atoms with van der Waals surface area (Å²) >= 11 is 0. The van der Waals surface area contributed by atoms with E-state index in [9.17, 15) is 19.7 Å². The van der Waals surface area contributed by atoms with Crippen molar-refractivity contribution in [3.8, 4) is 5.75 Å². The maximum atomic E-state index is 12.1. The highest BCUT2D eigenvalue weighted by Crippen LogP contribution is 2.21. The predicted octanol–water partition coefficient (Wildman–Crippen LogP) is 2.23. The third-order valence-electron chi connectivity index (χ3n) is 4.09. The van der Waals surface area contributed by atoms with Gasteiger partial charge in [0.25, 0.3) is 11.2 Å². The summed E-state index contributed by atoms with van der Waals surface area (Å²) in [5, 5.41) is 15.5. The fourth-order valence-corrected chi connectivity index (χ4v) is 2.67. The van der Waals surface area contributed by atoms with Crippen molar-refractivity contribution in [3.05, 3.63) is 80.8 Å². The molecule has 27 heavy (non-hydrogen) atoms. The van der Waals surface area contributed by atoms with Crippen molar-refractivity contribution in [1.82, 2.24) is 9.88 Å². The monoisotopic (exact) mass is 367 g/mol. The summed E-state index contributed by atoms with van der Waals surface area (Å²) in [6, 6.07) is 13.7. The Bertz CT molecular complexity index is 1070. The number of benzene rings is 2. The van der Waals surface area contributed by atoms with Gasteiger partial charge in [-0.2, -0.15) is 0 Å². The van der Waals surface area contributed by atoms with Crippen molar-refractivity contribution in [2.24, 2.45) is 0 Å². The fourth-order valence-electron chi connectivity index (χ4n) is 2.67. The third kappa shape index (κ3) is 4.30. The normalized spacial score (nSPS) is 10.6. The van der Waals surface area contributed by atoms with E-state index in [4.69, 9.17) is 4.74 Å². The Morgan fingerprint density at radius 2 is 1.89 bits per heavy atom. The topological polar surface area (TPSA) is 103 Å². The minimum absolute atomic E-state index is 0.243. The molecule has 138 valence electrons. The first-order chi connectivity index (χ1) is 13.0. The van der Waals surface area contributed by atoms with Crippen LogP contribution in [-0.2, 0) is 17.9 Å². The number of pyridine rings is 1. The number of hydrogen-bond acceptors (Lipinski definition) is 5. The molecule has 0 radical (unpaired) electrons. The molecule has 1 heterocycles. The molecule has 0 aliphatic heterocycles. The average molecular weight is 367 g/mol. The second-order valence-electron chi connectivity index (χ2n) is 5.93. The molecule has 1 aromatic heterocycles. The molecule has 0 saturated heterocycles. The van der Waals surface area contributed by atoms with Crippen LogP contribution in [0.4, 0.5) is 5.69 Å². The van der Waals surface area contributed by atoms with Crippen molar-refractivity contribution in [2.75, 3.05) is 7.11 Å². The molecule has 0 saturated carbocycles. The first-order valence-corrected chi connectivity index (χ1v) is 8.14. The summed E-state index contributed by atoms with van der Waals surface area (Å²) < 4.78 is 6.21. The molecule has 0 spiro atoms. The molecule has 0 aliphatic rings. The number of methoxy groups -OCH3 is 1. The van der Waals surface area contributed by atoms with E-state index in [2.05, 4.69) is 5.32 Å². The van der Waals surface area contributed by atoms with E-state index < -0.39 is 16.4 Å². The summed E-state index contributed by atoms with van der Waals surface area (Å²) in [5.74, 6) is 0.360. The number of aromatic nitrogens is 1. The van der Waals surface area contributed by atoms with Crippen LogP contribution in [0.15, 0.2) is 59.5 Å². The minimum atomic E-state index is -0.613. The molecule has 3 aromatic rings. The number of carbonyl (C=O) groups is 1. The Balaban J connectivity index is 1.67. The molecule has 0 unspecified atom stereocenters. The number of ether oxygens (including phenoxy) is 1. The second-order valence-corrected chi connectivity index (χ2v) is 5.93. The average Bonchev–Trinajstić information content (AvgIpc) is 2.67. The first-order valence-electron chi connectivity index (χ1n) is 8.14. The molecule has 1 N–H and O–H groups in total. The summed E-state index contributed by atoms with van der Waals surface area (Å²) in [7, 11) is 1.61. The van der Waals surface area contributed by atoms with E-state index in [-0.39, 0.29) is 18.8 Å². The number of fused-ring (bicyclic) bond motifs is 1. The zero-order valence-electron chi connectivity index (χ0n) is 14.5. The molecule has 8 heteroatoms. The lowest BCUT2D eigenvalue weighted by molar-refractivity contribution is -0.385. The van der Waals surface area contributed by atoms with Crippen molar-refractivity contribution in [2.45, 2.75) is 13.1 Å². The van der Waals surface area contributed by atoms with E-state index in [0.717, 1.165) is 45.0 Å². The fraction of sp³-hybridized carbons (Fsp3) is 0.158. The van der Waals surface area contributed by atoms with Gasteiger partial charge in [0.05, 0.1) is 18.2 Å². The van der Waals surface area contributed by atoms with Gasteiger partial charge >= 0.3 is 0 Å². The standard InChI is InChI=1S/C19H17N3O5/c1-27-17-6-4-14-8-13(2-3-15(14)9-17)10-20-18(23)12-21-11-16(22(25)26)5-7-19(21)24/h2-9,11H,10,12H2,1H3,(H,20,23). The zero-order valence-corrected chi connectivity index (χ0v) is 14.5. The van der Waals surface area contributed by atoms with Crippen LogP contribution in [0.25, 0.3) is 10.8 Å². The number of nitrogens with zero attached hydrogens (tertiary/aromatic N) is 2. The van der Waals surface area contributed by atoms with Gasteiger partial charge in [0.2, 0.25) is 5.91 Å². The van der Waals surface area contributed by atoms with Gasteiger partial charge in [-0.1, -0.05) is 18.2 Å². The predicted molar refractivity (Wildman–Crippen MR) is 99.7 cm³/mol. The summed E-state index contributed by atoms with van der Waals surface area (Å²) in [4.78, 5) is 34.0. The van der Waals surface area contributed by atoms with Gasteiger partial charge in [-0.15, -0.1) is 0 Å². The number of amides is 1. The van der Waals surface area contributed by atoms with Crippen LogP contribution in [0, 0.1) is 10.1 Å². The summed E-state index contributed by atoms with van der Waals surface area (Å²) in [6.45, 7) is -0.00419. The van der Waals surface area contributed by atoms with E-state index in [0.29, 0.717) is 0 Å². The Morgan fingerprint density at radius 3 is 2.63 bits per heavy atom. The molecule has 2 aromatic carbocycles. The van der Waals surface area contributed by atoms with Crippen LogP contribution in [0.3, 0.4) is 0 Å². The van der Waals surface area contributed by atoms with Gasteiger partial charge in [-0.25, -0.2) is 0 Å². The highest BCUT2D eigenvalue weighted by atomic mass is 16.6. The number of nitro groups is 1. The molecular weight excluding hydrogens is 350 g/mol. The van der Waals surface area contributed by atoms with Crippen LogP contribution in [0.5, 0.6) is 5.75 Å². The lowest BCUT2D eigenvalue weighted by Crippen LogP contribution is -2.31. The Hall–Kier alpha value is -3.68. The molecule has 3 rings (SSSR count). The van der Waals surface area contributed by atoms with E-state index in [1.165, 1.54) is 0 Å². The maximum Gasteiger partial charge on any atom is 0.285 e. The van der Waals surface area contributed by atoms with Gasteiger partial charge in [0.15, 0.2) is 0 Å². The number of hydrogen-bond donors (Lipinski definition) is 1. The molecule has 0 bridgehead atoms. The number of carbonyl (C=O) groups excluding carboxylic acids is 1. The van der Waals surface area contributed by atoms with Crippen molar-refractivity contribution in [1.29, 1.82) is 0 Å². The maximum absolute atomic E-state index is 12.1. The largest absolute Gasteiger partial charge is 0.497 e. The van der Waals surface area contributed by atoms with Crippen molar-refractivity contribution in [3.63, 3.8) is 0 Å². The lowest BCUT2D eigenvalue weighted by Gasteiger charge is -2.09. The van der Waals surface area contributed by atoms with Gasteiger partial charge in [0.1, 0.15) is 12.3 Å². The van der Waals surface area contributed by atoms with E-state index in [1.54, 1.807) is 7.11 Å². The highest BCUT2D eigenvalue weighted by Gasteiger charge is 2.10. The highest BCUT2D eigenvalue weighted by molar-refractivity contribution is 5.84. The SMILES string of the molecule is COc1ccc2cc(CNC(=O)Cn3cc([N+](=O)[O-])ccc3=O)ccc2c1. The van der Waals surface area contributed by atoms with Gasteiger partial charge < -0.3 is 10.1 Å². The molecule has 0 aliphatic carbocycles. The van der Waals surface area contributed by atoms with Crippen molar-refractivity contribution >= 4 is 22.4 Å². The number of rotatable bonds is 6. The van der Waals surface area contributed by atoms with Crippen LogP contribution in [0.2, 0.25) is 0 Å². The second kappa shape index (κ2) is 7.69. The summed E-state index contributed by atoms with van der Waals surface area (Å²) in [6.07, 6.45) is 1.06. The third-order valence-corrected chi connectivity index (χ3v) is 4.09. The van der Waals surface area contributed by atoms with Gasteiger partial charge in [-0.05, 0) is 34.5 Å². The zero-order chi connectivity index (χ0) is 19.4. The van der Waals surface area contributed by atoms with Crippen LogP contribution >= 0.6 is 0 Å². The van der Waals surface area contributed by atoms with Gasteiger partial charge in [0, 0.05) is 18.7 Å². The molecular formula is C19H17N3O5. The lowest BCUT2D eigenvalue weighted by atomic mass is 10.1. The smallest absolute Gasteiger partial charge is 0.285 e. The van der Waals surface area contributed by atoms with Crippen LogP contribution in [-0.4, -0.2) is 22.5 Å². The van der Waals surface area contributed by atoms with Crippen molar-refractivity contribution < 1.29 is 14.5 Å². The quantitative estimate of drug-likeness (QED) is 0.531.